The van der Waals surface area contributed by atoms with Crippen LogP contribution in [0.1, 0.15) is 19.4 Å². The second kappa shape index (κ2) is 7.58. The van der Waals surface area contributed by atoms with Crippen LogP contribution in [0.4, 0.5) is 5.82 Å². The lowest BCUT2D eigenvalue weighted by Crippen LogP contribution is -2.49. The van der Waals surface area contributed by atoms with Gasteiger partial charge in [0.05, 0.1) is 30.1 Å². The van der Waals surface area contributed by atoms with Crippen molar-refractivity contribution >= 4 is 33.9 Å². The van der Waals surface area contributed by atoms with Gasteiger partial charge in [-0.2, -0.15) is 14.6 Å². The quantitative estimate of drug-likeness (QED) is 0.267. The molecule has 0 spiro atoms. The first kappa shape index (κ1) is 22.8. The zero-order valence-electron chi connectivity index (χ0n) is 20.8. The number of hydrogen-bond donors (Lipinski definition) is 4. The number of aliphatic hydroxyl groups is 2. The molecule has 5 atom stereocenters. The van der Waals surface area contributed by atoms with Crippen molar-refractivity contribution in [1.29, 1.82) is 0 Å². The van der Waals surface area contributed by atoms with Gasteiger partial charge < -0.3 is 29.8 Å². The van der Waals surface area contributed by atoms with E-state index in [9.17, 15) is 15.0 Å². The highest BCUT2D eigenvalue weighted by molar-refractivity contribution is 5.86. The van der Waals surface area contributed by atoms with Gasteiger partial charge in [0.1, 0.15) is 16.9 Å². The number of rotatable bonds is 5. The number of carbonyl (C=O) groups is 1. The summed E-state index contributed by atoms with van der Waals surface area (Å²) in [5.74, 6) is 0.650. The molecule has 13 nitrogen and oxygen atoms in total. The van der Waals surface area contributed by atoms with E-state index in [4.69, 9.17) is 9.40 Å². The van der Waals surface area contributed by atoms with E-state index < -0.39 is 23.2 Å². The highest BCUT2D eigenvalue weighted by Gasteiger charge is 2.79. The fraction of sp³-hybridized carbons (Fsp3) is 0.360. The molecule has 4 aromatic heterocycles. The van der Waals surface area contributed by atoms with Crippen LogP contribution in [0.5, 0.6) is 0 Å². The van der Waals surface area contributed by atoms with E-state index in [0.717, 1.165) is 11.0 Å². The summed E-state index contributed by atoms with van der Waals surface area (Å²) >= 11 is 0. The Hall–Kier alpha value is -4.36. The molecule has 2 aliphatic carbocycles. The first-order valence-electron chi connectivity index (χ1n) is 12.3. The highest BCUT2D eigenvalue weighted by atomic mass is 16.4. The Balaban J connectivity index is 1.27. The maximum Gasteiger partial charge on any atom is 0.256 e. The minimum absolute atomic E-state index is 0.243. The molecular weight excluding hydrogens is 490 g/mol. The second-order valence-corrected chi connectivity index (χ2v) is 10.2. The smallest absolute Gasteiger partial charge is 0.256 e. The third kappa shape index (κ3) is 2.88. The average molecular weight is 516 g/mol. The minimum Gasteiger partial charge on any atom is -0.454 e. The fourth-order valence-corrected chi connectivity index (χ4v) is 6.05. The third-order valence-corrected chi connectivity index (χ3v) is 8.09. The van der Waals surface area contributed by atoms with Crippen LogP contribution in [0, 0.1) is 11.3 Å². The lowest BCUT2D eigenvalue weighted by Gasteiger charge is -2.32. The predicted molar refractivity (Wildman–Crippen MR) is 135 cm³/mol. The molecule has 2 aliphatic rings. The number of imidazole rings is 1. The standard InChI is InChI=1S/C25H25N9O4/c1-24(22(36)27-3)9-13-18(25(13,37)21(24)35)33-11-28-17-19(26-2)29-23(30-20(17)33)34-10-14(31-32-34)16-8-12-6-4-5-7-15(12)38-16/h4-8,10-11,13,18,21,35,37H,9H2,1-3H3,(H,27,36)(H,26,29,30)/t13-,18+,21+,24?,25+/m0/s1. The van der Waals surface area contributed by atoms with E-state index in [1.807, 2.05) is 30.3 Å². The Bertz CT molecular complexity index is 1710. The Morgan fingerprint density at radius 3 is 2.76 bits per heavy atom. The molecule has 2 fully saturated rings. The number of nitrogens with one attached hydrogen (secondary N) is 2. The number of benzene rings is 1. The molecule has 4 N–H and O–H groups in total. The molecule has 1 amide bonds. The zero-order chi connectivity index (χ0) is 26.4. The molecule has 194 valence electrons. The molecule has 1 unspecified atom stereocenters. The largest absolute Gasteiger partial charge is 0.454 e. The van der Waals surface area contributed by atoms with Crippen LogP contribution in [0.2, 0.25) is 0 Å². The normalized spacial score (nSPS) is 28.1. The number of para-hydroxylation sites is 1. The van der Waals surface area contributed by atoms with Crippen molar-refractivity contribution in [2.75, 3.05) is 19.4 Å². The molecule has 0 radical (unpaired) electrons. The monoisotopic (exact) mass is 515 g/mol. The number of nitrogens with zero attached hydrogens (tertiary/aromatic N) is 7. The van der Waals surface area contributed by atoms with Crippen molar-refractivity contribution in [3.63, 3.8) is 0 Å². The number of fused-ring (bicyclic) bond motifs is 3. The van der Waals surface area contributed by atoms with Gasteiger partial charge in [0.2, 0.25) is 5.91 Å². The van der Waals surface area contributed by atoms with Gasteiger partial charge in [-0.25, -0.2) is 4.98 Å². The topological polar surface area (TPSA) is 169 Å². The molecule has 1 aromatic carbocycles. The molecule has 0 bridgehead atoms. The zero-order valence-corrected chi connectivity index (χ0v) is 20.8. The van der Waals surface area contributed by atoms with Crippen molar-refractivity contribution < 1.29 is 19.4 Å². The maximum atomic E-state index is 12.4. The van der Waals surface area contributed by atoms with Gasteiger partial charge in [0.15, 0.2) is 22.7 Å². The van der Waals surface area contributed by atoms with Crippen LogP contribution in [-0.4, -0.2) is 76.4 Å². The van der Waals surface area contributed by atoms with E-state index in [2.05, 4.69) is 30.9 Å². The second-order valence-electron chi connectivity index (χ2n) is 10.2. The third-order valence-electron chi connectivity index (χ3n) is 8.09. The van der Waals surface area contributed by atoms with Crippen LogP contribution < -0.4 is 10.6 Å². The van der Waals surface area contributed by atoms with Gasteiger partial charge in [-0.3, -0.25) is 4.79 Å². The first-order valence-corrected chi connectivity index (χ1v) is 12.3. The first-order chi connectivity index (χ1) is 18.3. The lowest BCUT2D eigenvalue weighted by atomic mass is 9.80. The van der Waals surface area contributed by atoms with Crippen molar-refractivity contribution in [3.05, 3.63) is 42.9 Å². The molecular formula is C25H25N9O4. The molecule has 4 heterocycles. The van der Waals surface area contributed by atoms with Crippen molar-refractivity contribution in [2.24, 2.45) is 11.3 Å². The van der Waals surface area contributed by atoms with E-state index in [0.29, 0.717) is 34.9 Å². The van der Waals surface area contributed by atoms with Crippen molar-refractivity contribution in [3.8, 4) is 17.4 Å². The number of aromatic nitrogens is 7. The summed E-state index contributed by atoms with van der Waals surface area (Å²) in [5.41, 5.74) is -0.314. The molecule has 38 heavy (non-hydrogen) atoms. The number of amides is 1. The number of furan rings is 1. The molecule has 0 saturated heterocycles. The Kier molecular flexibility index (Phi) is 4.55. The number of anilines is 1. The van der Waals surface area contributed by atoms with Gasteiger partial charge in [-0.15, -0.1) is 5.10 Å². The molecule has 5 aromatic rings. The van der Waals surface area contributed by atoms with Crippen LogP contribution in [0.3, 0.4) is 0 Å². The number of aliphatic hydroxyl groups excluding tert-OH is 1. The Labute approximate surface area is 215 Å². The Morgan fingerprint density at radius 2 is 2.05 bits per heavy atom. The van der Waals surface area contributed by atoms with E-state index in [1.165, 1.54) is 11.7 Å². The molecule has 7 rings (SSSR count). The van der Waals surface area contributed by atoms with E-state index >= 15 is 0 Å². The van der Waals surface area contributed by atoms with Gasteiger partial charge in [0, 0.05) is 25.4 Å². The van der Waals surface area contributed by atoms with Crippen molar-refractivity contribution in [1.82, 2.24) is 39.8 Å². The summed E-state index contributed by atoms with van der Waals surface area (Å²) in [6.45, 7) is 1.67. The van der Waals surface area contributed by atoms with Gasteiger partial charge in [-0.1, -0.05) is 23.4 Å². The molecule has 13 heteroatoms. The summed E-state index contributed by atoms with van der Waals surface area (Å²) in [7, 11) is 3.25. The number of carbonyl (C=O) groups excluding carboxylic acids is 1. The average Bonchev–Trinajstić information content (AvgIpc) is 3.51. The van der Waals surface area contributed by atoms with Gasteiger partial charge >= 0.3 is 0 Å². The predicted octanol–water partition coefficient (Wildman–Crippen LogP) is 1.28. The number of hydrogen-bond acceptors (Lipinski definition) is 10. The Morgan fingerprint density at radius 1 is 1.24 bits per heavy atom. The van der Waals surface area contributed by atoms with Gasteiger partial charge in [0.25, 0.3) is 5.95 Å². The highest BCUT2D eigenvalue weighted by Crippen LogP contribution is 2.69. The van der Waals surface area contributed by atoms with Crippen molar-refractivity contribution in [2.45, 2.75) is 31.1 Å². The van der Waals surface area contributed by atoms with E-state index in [-0.39, 0.29) is 17.8 Å². The summed E-state index contributed by atoms with van der Waals surface area (Å²) in [5, 5.41) is 37.5. The van der Waals surface area contributed by atoms with Crippen LogP contribution in [0.15, 0.2) is 47.3 Å². The molecule has 2 saturated carbocycles. The van der Waals surface area contributed by atoms with Crippen LogP contribution in [0.25, 0.3) is 39.5 Å². The summed E-state index contributed by atoms with van der Waals surface area (Å²) in [6.07, 6.45) is 2.34. The summed E-state index contributed by atoms with van der Waals surface area (Å²) in [6, 6.07) is 9.09. The SMILES string of the molecule is CNC(=O)C1(C)C[C@H]2[C@@H](n3cnc4c(NC)nc(-n5cc(-c6cc7ccccc7o6)nn5)nc43)[C@@]2(O)[C@@H]1O. The lowest BCUT2D eigenvalue weighted by molar-refractivity contribution is -0.140. The van der Waals surface area contributed by atoms with E-state index in [1.54, 1.807) is 31.1 Å². The fourth-order valence-electron chi connectivity index (χ4n) is 6.05. The molecule has 0 aliphatic heterocycles. The van der Waals surface area contributed by atoms with Gasteiger partial charge in [-0.05, 0) is 25.5 Å². The maximum absolute atomic E-state index is 12.4. The van der Waals surface area contributed by atoms with Crippen LogP contribution >= 0.6 is 0 Å². The summed E-state index contributed by atoms with van der Waals surface area (Å²) in [4.78, 5) is 26.2. The van der Waals surface area contributed by atoms with Crippen LogP contribution in [-0.2, 0) is 4.79 Å². The minimum atomic E-state index is -1.47. The summed E-state index contributed by atoms with van der Waals surface area (Å²) < 4.78 is 9.10.